The van der Waals surface area contributed by atoms with Gasteiger partial charge < -0.3 is 15.4 Å². The molecule has 0 aliphatic carbocycles. The van der Waals surface area contributed by atoms with Gasteiger partial charge in [0.15, 0.2) is 0 Å². The number of carbonyl (C=O) groups is 1. The van der Waals surface area contributed by atoms with Crippen molar-refractivity contribution in [1.82, 2.24) is 15.5 Å². The first-order valence-corrected chi connectivity index (χ1v) is 6.34. The molecule has 0 bridgehead atoms. The van der Waals surface area contributed by atoms with E-state index in [1.807, 2.05) is 20.8 Å². The predicted octanol–water partition coefficient (Wildman–Crippen LogP) is 0.805. The molecule has 1 atom stereocenters. The van der Waals surface area contributed by atoms with E-state index >= 15 is 0 Å². The molecule has 0 aromatic carbocycles. The van der Waals surface area contributed by atoms with E-state index in [1.165, 1.54) is 0 Å². The van der Waals surface area contributed by atoms with Crippen LogP contribution >= 0.6 is 0 Å². The van der Waals surface area contributed by atoms with Crippen LogP contribution in [0.1, 0.15) is 27.7 Å². The normalized spacial score (nSPS) is 22.2. The summed E-state index contributed by atoms with van der Waals surface area (Å²) in [5, 5.41) is 6.17. The van der Waals surface area contributed by atoms with E-state index in [0.717, 1.165) is 26.2 Å². The molecular weight excluding hydrogens is 218 g/mol. The SMILES string of the molecule is CCN1CCNCC1CNC(=O)OC(C)(C)C. The molecule has 1 amide bonds. The fourth-order valence-electron chi connectivity index (χ4n) is 1.94. The van der Waals surface area contributed by atoms with Gasteiger partial charge >= 0.3 is 6.09 Å². The third kappa shape index (κ3) is 5.37. The van der Waals surface area contributed by atoms with Crippen molar-refractivity contribution in [3.63, 3.8) is 0 Å². The summed E-state index contributed by atoms with van der Waals surface area (Å²) in [5.41, 5.74) is -0.431. The molecule has 1 rings (SSSR count). The van der Waals surface area contributed by atoms with E-state index in [1.54, 1.807) is 0 Å². The lowest BCUT2D eigenvalue weighted by molar-refractivity contribution is 0.0501. The van der Waals surface area contributed by atoms with Gasteiger partial charge in [0.1, 0.15) is 5.60 Å². The molecule has 5 nitrogen and oxygen atoms in total. The smallest absolute Gasteiger partial charge is 0.407 e. The molecule has 1 heterocycles. The van der Waals surface area contributed by atoms with Crippen molar-refractivity contribution in [3.8, 4) is 0 Å². The van der Waals surface area contributed by atoms with E-state index < -0.39 is 5.60 Å². The molecular formula is C12H25N3O2. The number of piperazine rings is 1. The van der Waals surface area contributed by atoms with Gasteiger partial charge in [-0.15, -0.1) is 0 Å². The maximum atomic E-state index is 11.5. The fraction of sp³-hybridized carbons (Fsp3) is 0.917. The number of nitrogens with zero attached hydrogens (tertiary/aromatic N) is 1. The van der Waals surface area contributed by atoms with Crippen molar-refractivity contribution in [2.75, 3.05) is 32.7 Å². The van der Waals surface area contributed by atoms with Gasteiger partial charge in [-0.25, -0.2) is 4.79 Å². The number of nitrogens with one attached hydrogen (secondary N) is 2. The van der Waals surface area contributed by atoms with Crippen molar-refractivity contribution in [3.05, 3.63) is 0 Å². The first kappa shape index (κ1) is 14.3. The zero-order chi connectivity index (χ0) is 12.9. The third-order valence-electron chi connectivity index (χ3n) is 2.76. The van der Waals surface area contributed by atoms with Crippen molar-refractivity contribution >= 4 is 6.09 Å². The van der Waals surface area contributed by atoms with Crippen molar-refractivity contribution < 1.29 is 9.53 Å². The standard InChI is InChI=1S/C12H25N3O2/c1-5-15-7-6-13-8-10(15)9-14-11(16)17-12(2,3)4/h10,13H,5-9H2,1-4H3,(H,14,16). The molecule has 1 saturated heterocycles. The average molecular weight is 243 g/mol. The molecule has 5 heteroatoms. The molecule has 100 valence electrons. The lowest BCUT2D eigenvalue weighted by Crippen LogP contribution is -2.55. The fourth-order valence-corrected chi connectivity index (χ4v) is 1.94. The Morgan fingerprint density at radius 3 is 2.82 bits per heavy atom. The highest BCUT2D eigenvalue weighted by Crippen LogP contribution is 2.07. The minimum atomic E-state index is -0.431. The second kappa shape index (κ2) is 6.21. The topological polar surface area (TPSA) is 53.6 Å². The van der Waals surface area contributed by atoms with Crippen LogP contribution in [-0.2, 0) is 4.74 Å². The monoisotopic (exact) mass is 243 g/mol. The summed E-state index contributed by atoms with van der Waals surface area (Å²) in [6.45, 7) is 12.4. The van der Waals surface area contributed by atoms with E-state index in [2.05, 4.69) is 22.5 Å². The van der Waals surface area contributed by atoms with Gasteiger partial charge in [-0.2, -0.15) is 0 Å². The Hall–Kier alpha value is -0.810. The molecule has 1 aliphatic heterocycles. The number of hydrogen-bond acceptors (Lipinski definition) is 4. The third-order valence-corrected chi connectivity index (χ3v) is 2.76. The Balaban J connectivity index is 2.31. The number of ether oxygens (including phenoxy) is 1. The summed E-state index contributed by atoms with van der Waals surface area (Å²) in [6.07, 6.45) is -0.334. The minimum Gasteiger partial charge on any atom is -0.444 e. The largest absolute Gasteiger partial charge is 0.444 e. The Labute approximate surface area is 104 Å². The number of likely N-dealkylation sites (N-methyl/N-ethyl adjacent to an activating group) is 1. The number of rotatable bonds is 3. The summed E-state index contributed by atoms with van der Waals surface area (Å²) >= 11 is 0. The van der Waals surface area contributed by atoms with E-state index in [0.29, 0.717) is 12.6 Å². The second-order valence-corrected chi connectivity index (χ2v) is 5.37. The lowest BCUT2D eigenvalue weighted by Gasteiger charge is -2.35. The number of alkyl carbamates (subject to hydrolysis) is 1. The highest BCUT2D eigenvalue weighted by molar-refractivity contribution is 5.67. The van der Waals surface area contributed by atoms with Crippen LogP contribution in [0.25, 0.3) is 0 Å². The van der Waals surface area contributed by atoms with Crippen LogP contribution in [0.2, 0.25) is 0 Å². The summed E-state index contributed by atoms with van der Waals surface area (Å²) in [7, 11) is 0. The second-order valence-electron chi connectivity index (χ2n) is 5.37. The van der Waals surface area contributed by atoms with Gasteiger partial charge in [0.25, 0.3) is 0 Å². The molecule has 0 radical (unpaired) electrons. The van der Waals surface area contributed by atoms with Crippen LogP contribution < -0.4 is 10.6 Å². The molecule has 1 fully saturated rings. The Kier molecular flexibility index (Phi) is 5.21. The zero-order valence-corrected chi connectivity index (χ0v) is 11.4. The lowest BCUT2D eigenvalue weighted by atomic mass is 10.2. The molecule has 2 N–H and O–H groups in total. The summed E-state index contributed by atoms with van der Waals surface area (Å²) in [5.74, 6) is 0. The molecule has 0 aromatic rings. The summed E-state index contributed by atoms with van der Waals surface area (Å²) < 4.78 is 5.21. The maximum absolute atomic E-state index is 11.5. The quantitative estimate of drug-likeness (QED) is 0.770. The molecule has 0 saturated carbocycles. The van der Waals surface area contributed by atoms with Gasteiger partial charge in [-0.3, -0.25) is 4.90 Å². The van der Waals surface area contributed by atoms with Crippen LogP contribution in [0.3, 0.4) is 0 Å². The Morgan fingerprint density at radius 2 is 2.24 bits per heavy atom. The minimum absolute atomic E-state index is 0.334. The van der Waals surface area contributed by atoms with Crippen LogP contribution in [-0.4, -0.2) is 55.4 Å². The van der Waals surface area contributed by atoms with Gasteiger partial charge in [0, 0.05) is 32.2 Å². The number of hydrogen-bond donors (Lipinski definition) is 2. The Morgan fingerprint density at radius 1 is 1.53 bits per heavy atom. The predicted molar refractivity (Wildman–Crippen MR) is 68.1 cm³/mol. The zero-order valence-electron chi connectivity index (χ0n) is 11.4. The average Bonchev–Trinajstić information content (AvgIpc) is 2.24. The summed E-state index contributed by atoms with van der Waals surface area (Å²) in [6, 6.07) is 0.362. The number of carbonyl (C=O) groups excluding carboxylic acids is 1. The van der Waals surface area contributed by atoms with Crippen LogP contribution in [0.5, 0.6) is 0 Å². The molecule has 0 aromatic heterocycles. The van der Waals surface area contributed by atoms with Gasteiger partial charge in [0.05, 0.1) is 0 Å². The van der Waals surface area contributed by atoms with Crippen LogP contribution in [0.4, 0.5) is 4.79 Å². The van der Waals surface area contributed by atoms with E-state index in [9.17, 15) is 4.79 Å². The van der Waals surface area contributed by atoms with Crippen molar-refractivity contribution in [1.29, 1.82) is 0 Å². The first-order valence-electron chi connectivity index (χ1n) is 6.34. The van der Waals surface area contributed by atoms with E-state index in [-0.39, 0.29) is 6.09 Å². The van der Waals surface area contributed by atoms with Gasteiger partial charge in [-0.1, -0.05) is 6.92 Å². The van der Waals surface area contributed by atoms with Crippen molar-refractivity contribution in [2.24, 2.45) is 0 Å². The highest BCUT2D eigenvalue weighted by Gasteiger charge is 2.22. The van der Waals surface area contributed by atoms with Crippen molar-refractivity contribution in [2.45, 2.75) is 39.3 Å². The molecule has 1 unspecified atom stereocenters. The first-order chi connectivity index (χ1) is 7.92. The molecule has 1 aliphatic rings. The van der Waals surface area contributed by atoms with Crippen LogP contribution in [0.15, 0.2) is 0 Å². The highest BCUT2D eigenvalue weighted by atomic mass is 16.6. The molecule has 17 heavy (non-hydrogen) atoms. The van der Waals surface area contributed by atoms with Gasteiger partial charge in [0.2, 0.25) is 0 Å². The molecule has 0 spiro atoms. The number of amides is 1. The summed E-state index contributed by atoms with van der Waals surface area (Å²) in [4.78, 5) is 13.9. The van der Waals surface area contributed by atoms with Gasteiger partial charge in [-0.05, 0) is 27.3 Å². The van der Waals surface area contributed by atoms with E-state index in [4.69, 9.17) is 4.74 Å². The van der Waals surface area contributed by atoms with Crippen LogP contribution in [0, 0.1) is 0 Å². The Bertz CT molecular complexity index is 251. The maximum Gasteiger partial charge on any atom is 0.407 e.